The van der Waals surface area contributed by atoms with Gasteiger partial charge in [-0.2, -0.15) is 0 Å². The minimum absolute atomic E-state index is 0.105. The van der Waals surface area contributed by atoms with Crippen molar-refractivity contribution in [2.75, 3.05) is 18.0 Å². The summed E-state index contributed by atoms with van der Waals surface area (Å²) in [5.74, 6) is -0.213. The van der Waals surface area contributed by atoms with E-state index in [1.807, 2.05) is 6.92 Å². The highest BCUT2D eigenvalue weighted by Gasteiger charge is 2.15. The van der Waals surface area contributed by atoms with Crippen molar-refractivity contribution < 1.29 is 9.59 Å². The van der Waals surface area contributed by atoms with Crippen LogP contribution in [0.4, 0.5) is 5.69 Å². The van der Waals surface area contributed by atoms with E-state index in [-0.39, 0.29) is 18.2 Å². The zero-order valence-corrected chi connectivity index (χ0v) is 12.5. The second-order valence-corrected chi connectivity index (χ2v) is 4.88. The predicted molar refractivity (Wildman–Crippen MR) is 82.0 cm³/mol. The minimum atomic E-state index is -0.109. The number of nitrogens with zero attached hydrogens (tertiary/aromatic N) is 1. The molecule has 0 saturated heterocycles. The van der Waals surface area contributed by atoms with Crippen LogP contribution in [0.2, 0.25) is 5.02 Å². The Labute approximate surface area is 124 Å². The molecule has 0 saturated carbocycles. The van der Waals surface area contributed by atoms with Gasteiger partial charge in [-0.15, -0.1) is 6.58 Å². The van der Waals surface area contributed by atoms with Gasteiger partial charge in [0, 0.05) is 37.1 Å². The molecule has 2 amide bonds. The van der Waals surface area contributed by atoms with Crippen molar-refractivity contribution in [3.05, 3.63) is 41.4 Å². The summed E-state index contributed by atoms with van der Waals surface area (Å²) >= 11 is 5.91. The van der Waals surface area contributed by atoms with E-state index in [2.05, 4.69) is 11.9 Å². The second-order valence-electron chi connectivity index (χ2n) is 4.44. The maximum Gasteiger partial charge on any atom is 0.223 e. The molecule has 0 spiro atoms. The monoisotopic (exact) mass is 294 g/mol. The number of halogens is 1. The topological polar surface area (TPSA) is 49.4 Å². The molecule has 0 fully saturated rings. The normalized spacial score (nSPS) is 9.95. The lowest BCUT2D eigenvalue weighted by Gasteiger charge is -2.23. The molecule has 1 N–H and O–H groups in total. The van der Waals surface area contributed by atoms with Crippen molar-refractivity contribution in [3.8, 4) is 0 Å². The quantitative estimate of drug-likeness (QED) is 0.820. The van der Waals surface area contributed by atoms with Crippen LogP contribution in [0.3, 0.4) is 0 Å². The van der Waals surface area contributed by atoms with Gasteiger partial charge in [-0.05, 0) is 30.7 Å². The maximum atomic E-state index is 11.8. The Hall–Kier alpha value is -1.81. The molecule has 0 aliphatic carbocycles. The van der Waals surface area contributed by atoms with Crippen molar-refractivity contribution in [2.45, 2.75) is 20.3 Å². The summed E-state index contributed by atoms with van der Waals surface area (Å²) in [7, 11) is 0. The van der Waals surface area contributed by atoms with Gasteiger partial charge < -0.3 is 10.2 Å². The molecule has 5 heteroatoms. The standard InChI is InChI=1S/C15H19ClN2O2/c1-4-8-17-15(20)7-9-18(12(3)19)14-6-5-13(16)10-11(14)2/h4-6,10H,1,7-9H2,2-3H3,(H,17,20). The Morgan fingerprint density at radius 2 is 2.15 bits per heavy atom. The first-order valence-electron chi connectivity index (χ1n) is 6.37. The summed E-state index contributed by atoms with van der Waals surface area (Å²) < 4.78 is 0. The van der Waals surface area contributed by atoms with Crippen molar-refractivity contribution in [3.63, 3.8) is 0 Å². The fraction of sp³-hybridized carbons (Fsp3) is 0.333. The number of amides is 2. The van der Waals surface area contributed by atoms with Gasteiger partial charge >= 0.3 is 0 Å². The van der Waals surface area contributed by atoms with Crippen molar-refractivity contribution >= 4 is 29.1 Å². The summed E-state index contributed by atoms with van der Waals surface area (Å²) in [6, 6.07) is 5.32. The number of hydrogen-bond donors (Lipinski definition) is 1. The van der Waals surface area contributed by atoms with Gasteiger partial charge in [0.05, 0.1) is 0 Å². The first-order valence-corrected chi connectivity index (χ1v) is 6.75. The molecule has 0 atom stereocenters. The van der Waals surface area contributed by atoms with Crippen LogP contribution in [0.15, 0.2) is 30.9 Å². The molecule has 0 aliphatic rings. The molecule has 108 valence electrons. The van der Waals surface area contributed by atoms with Gasteiger partial charge in [-0.1, -0.05) is 17.7 Å². The minimum Gasteiger partial charge on any atom is -0.353 e. The van der Waals surface area contributed by atoms with Gasteiger partial charge in [0.1, 0.15) is 0 Å². The number of carbonyl (C=O) groups excluding carboxylic acids is 2. The van der Waals surface area contributed by atoms with E-state index in [1.54, 1.807) is 29.2 Å². The number of nitrogens with one attached hydrogen (secondary N) is 1. The molecule has 0 bridgehead atoms. The van der Waals surface area contributed by atoms with Crippen LogP contribution in [0, 0.1) is 6.92 Å². The second kappa shape index (κ2) is 7.70. The lowest BCUT2D eigenvalue weighted by atomic mass is 10.1. The lowest BCUT2D eigenvalue weighted by Crippen LogP contribution is -2.34. The first kappa shape index (κ1) is 16.2. The number of rotatable bonds is 6. The van der Waals surface area contributed by atoms with Crippen molar-refractivity contribution in [1.82, 2.24) is 5.32 Å². The lowest BCUT2D eigenvalue weighted by molar-refractivity contribution is -0.120. The van der Waals surface area contributed by atoms with Gasteiger partial charge in [0.2, 0.25) is 11.8 Å². The Morgan fingerprint density at radius 1 is 1.45 bits per heavy atom. The molecular weight excluding hydrogens is 276 g/mol. The van der Waals surface area contributed by atoms with E-state index in [0.717, 1.165) is 11.3 Å². The number of aryl methyl sites for hydroxylation is 1. The maximum absolute atomic E-state index is 11.8. The highest BCUT2D eigenvalue weighted by molar-refractivity contribution is 6.30. The number of carbonyl (C=O) groups is 2. The number of anilines is 1. The highest BCUT2D eigenvalue weighted by atomic mass is 35.5. The van der Waals surface area contributed by atoms with Gasteiger partial charge in [-0.25, -0.2) is 0 Å². The summed E-state index contributed by atoms with van der Waals surface area (Å²) in [6.45, 7) is 7.66. The summed E-state index contributed by atoms with van der Waals surface area (Å²) in [4.78, 5) is 24.9. The third-order valence-corrected chi connectivity index (χ3v) is 3.07. The Balaban J connectivity index is 2.77. The van der Waals surface area contributed by atoms with Crippen molar-refractivity contribution in [1.29, 1.82) is 0 Å². The summed E-state index contributed by atoms with van der Waals surface area (Å²) in [5.41, 5.74) is 1.68. The smallest absolute Gasteiger partial charge is 0.223 e. The SMILES string of the molecule is C=CCNC(=O)CCN(C(C)=O)c1ccc(Cl)cc1C. The fourth-order valence-electron chi connectivity index (χ4n) is 1.86. The molecule has 0 unspecified atom stereocenters. The average Bonchev–Trinajstić information content (AvgIpc) is 2.38. The molecule has 4 nitrogen and oxygen atoms in total. The number of hydrogen-bond acceptors (Lipinski definition) is 2. The van der Waals surface area contributed by atoms with Gasteiger partial charge in [0.15, 0.2) is 0 Å². The number of benzene rings is 1. The van der Waals surface area contributed by atoms with Crippen LogP contribution >= 0.6 is 11.6 Å². The van der Waals surface area contributed by atoms with Crippen LogP contribution in [0.25, 0.3) is 0 Å². The summed E-state index contributed by atoms with van der Waals surface area (Å²) in [5, 5.41) is 3.31. The largest absolute Gasteiger partial charge is 0.353 e. The fourth-order valence-corrected chi connectivity index (χ4v) is 2.08. The zero-order chi connectivity index (χ0) is 15.1. The third kappa shape index (κ3) is 4.70. The Morgan fingerprint density at radius 3 is 2.70 bits per heavy atom. The van der Waals surface area contributed by atoms with E-state index >= 15 is 0 Å². The van der Waals surface area contributed by atoms with Crippen LogP contribution in [0.5, 0.6) is 0 Å². The zero-order valence-electron chi connectivity index (χ0n) is 11.8. The molecule has 0 aromatic heterocycles. The van der Waals surface area contributed by atoms with E-state index in [9.17, 15) is 9.59 Å². The van der Waals surface area contributed by atoms with Crippen LogP contribution in [0.1, 0.15) is 18.9 Å². The van der Waals surface area contributed by atoms with E-state index in [4.69, 9.17) is 11.6 Å². The molecule has 1 aromatic carbocycles. The molecule has 20 heavy (non-hydrogen) atoms. The van der Waals surface area contributed by atoms with Crippen LogP contribution in [-0.4, -0.2) is 24.9 Å². The van der Waals surface area contributed by atoms with E-state index in [1.165, 1.54) is 6.92 Å². The average molecular weight is 295 g/mol. The molecule has 1 rings (SSSR count). The highest BCUT2D eigenvalue weighted by Crippen LogP contribution is 2.23. The molecule has 0 radical (unpaired) electrons. The Bertz CT molecular complexity index is 515. The van der Waals surface area contributed by atoms with Crippen molar-refractivity contribution in [2.24, 2.45) is 0 Å². The first-order chi connectivity index (χ1) is 9.45. The van der Waals surface area contributed by atoms with Crippen LogP contribution in [-0.2, 0) is 9.59 Å². The van der Waals surface area contributed by atoms with Gasteiger partial charge in [0.25, 0.3) is 0 Å². The Kier molecular flexibility index (Phi) is 6.25. The summed E-state index contributed by atoms with van der Waals surface area (Å²) in [6.07, 6.45) is 1.86. The molecule has 0 heterocycles. The van der Waals surface area contributed by atoms with E-state index < -0.39 is 0 Å². The molecule has 0 aliphatic heterocycles. The predicted octanol–water partition coefficient (Wildman–Crippen LogP) is 2.69. The molecule has 1 aromatic rings. The molecular formula is C15H19ClN2O2. The van der Waals surface area contributed by atoms with Crippen LogP contribution < -0.4 is 10.2 Å². The van der Waals surface area contributed by atoms with E-state index in [0.29, 0.717) is 18.1 Å². The van der Waals surface area contributed by atoms with Gasteiger partial charge in [-0.3, -0.25) is 9.59 Å². The third-order valence-electron chi connectivity index (χ3n) is 2.84.